The maximum atomic E-state index is 13.0. The number of halogens is 6. The predicted molar refractivity (Wildman–Crippen MR) is 107 cm³/mol. The summed E-state index contributed by atoms with van der Waals surface area (Å²) in [5.74, 6) is -0.223. The van der Waals surface area contributed by atoms with Gasteiger partial charge in [-0.15, -0.1) is 0 Å². The molecule has 0 unspecified atom stereocenters. The van der Waals surface area contributed by atoms with Crippen LogP contribution in [0.1, 0.15) is 27.0 Å². The average Bonchev–Trinajstić information content (AvgIpc) is 2.48. The fraction of sp³-hybridized carbons (Fsp3) is 0.133. The number of hydrogen-bond acceptors (Lipinski definition) is 1. The first-order chi connectivity index (χ1) is 10.4. The van der Waals surface area contributed by atoms with Gasteiger partial charge in [0, 0.05) is 19.6 Å². The van der Waals surface area contributed by atoms with Crippen molar-refractivity contribution in [2.45, 2.75) is 10.7 Å². The van der Waals surface area contributed by atoms with E-state index in [0.29, 0.717) is 40.8 Å². The number of rotatable bonds is 4. The van der Waals surface area contributed by atoms with E-state index >= 15 is 0 Å². The molecule has 7 heteroatoms. The molecule has 0 radical (unpaired) electrons. The van der Waals surface area contributed by atoms with Crippen molar-refractivity contribution in [2.75, 3.05) is 0 Å². The number of carbonyl (C=O) groups is 1. The average molecular weight is 595 g/mol. The first-order valence-corrected chi connectivity index (χ1v) is 10.6. The molecule has 22 heavy (non-hydrogen) atoms. The molecule has 2 rings (SSSR count). The fourth-order valence-corrected chi connectivity index (χ4v) is 5.67. The fourth-order valence-electron chi connectivity index (χ4n) is 1.94. The SMILES string of the molecule is O=C(c1c(Cl)ccc(CBr)c1Br)c1c(Cl)ccc(CBr)c1Br. The van der Waals surface area contributed by atoms with Gasteiger partial charge in [-0.3, -0.25) is 4.79 Å². The van der Waals surface area contributed by atoms with E-state index in [0.717, 1.165) is 11.1 Å². The van der Waals surface area contributed by atoms with Crippen LogP contribution in [0.4, 0.5) is 0 Å². The summed E-state index contributed by atoms with van der Waals surface area (Å²) in [5, 5.41) is 1.99. The van der Waals surface area contributed by atoms with E-state index in [1.54, 1.807) is 12.1 Å². The molecule has 0 saturated carbocycles. The van der Waals surface area contributed by atoms with Gasteiger partial charge in [0.05, 0.1) is 21.2 Å². The molecule has 2 aromatic carbocycles. The summed E-state index contributed by atoms with van der Waals surface area (Å²) in [5.41, 5.74) is 2.70. The molecule has 1 nitrogen and oxygen atoms in total. The Kier molecular flexibility index (Phi) is 7.00. The van der Waals surface area contributed by atoms with Gasteiger partial charge >= 0.3 is 0 Å². The number of hydrogen-bond donors (Lipinski definition) is 0. The van der Waals surface area contributed by atoms with Crippen molar-refractivity contribution in [2.24, 2.45) is 0 Å². The summed E-state index contributed by atoms with van der Waals surface area (Å²) < 4.78 is 1.35. The van der Waals surface area contributed by atoms with Gasteiger partial charge in [-0.1, -0.05) is 67.2 Å². The van der Waals surface area contributed by atoms with Crippen molar-refractivity contribution in [3.05, 3.63) is 65.5 Å². The van der Waals surface area contributed by atoms with E-state index in [9.17, 15) is 4.79 Å². The highest BCUT2D eigenvalue weighted by molar-refractivity contribution is 9.11. The second-order valence-electron chi connectivity index (χ2n) is 4.39. The maximum Gasteiger partial charge on any atom is 0.198 e. The molecule has 0 fully saturated rings. The van der Waals surface area contributed by atoms with Gasteiger partial charge in [-0.2, -0.15) is 0 Å². The highest BCUT2D eigenvalue weighted by atomic mass is 79.9. The molecule has 0 N–H and O–H groups in total. The summed E-state index contributed by atoms with van der Waals surface area (Å²) >= 11 is 26.2. The van der Waals surface area contributed by atoms with E-state index in [1.165, 1.54) is 0 Å². The van der Waals surface area contributed by atoms with Crippen LogP contribution in [-0.2, 0) is 10.7 Å². The molecule has 0 saturated heterocycles. The van der Waals surface area contributed by atoms with E-state index < -0.39 is 0 Å². The van der Waals surface area contributed by atoms with Gasteiger partial charge < -0.3 is 0 Å². The lowest BCUT2D eigenvalue weighted by atomic mass is 10.00. The van der Waals surface area contributed by atoms with Crippen LogP contribution >= 0.6 is 86.9 Å². The Labute approximate surface area is 172 Å². The molecular weight excluding hydrogens is 587 g/mol. The highest BCUT2D eigenvalue weighted by Crippen LogP contribution is 2.37. The number of benzene rings is 2. The van der Waals surface area contributed by atoms with Crippen LogP contribution in [-0.4, -0.2) is 5.78 Å². The lowest BCUT2D eigenvalue weighted by Crippen LogP contribution is -2.08. The molecule has 0 amide bonds. The van der Waals surface area contributed by atoms with Crippen molar-refractivity contribution in [3.8, 4) is 0 Å². The third-order valence-corrected chi connectivity index (χ3v) is 6.73. The van der Waals surface area contributed by atoms with Crippen molar-refractivity contribution >= 4 is 92.7 Å². The van der Waals surface area contributed by atoms with Crippen LogP contribution in [0.25, 0.3) is 0 Å². The topological polar surface area (TPSA) is 17.1 Å². The Bertz CT molecular complexity index is 685. The van der Waals surface area contributed by atoms with Crippen molar-refractivity contribution in [1.82, 2.24) is 0 Å². The van der Waals surface area contributed by atoms with Gasteiger partial charge in [0.15, 0.2) is 5.78 Å². The van der Waals surface area contributed by atoms with E-state index in [-0.39, 0.29) is 5.78 Å². The summed E-state index contributed by atoms with van der Waals surface area (Å²) in [6.45, 7) is 0. The molecular formula is C15H8Br4Cl2O. The lowest BCUT2D eigenvalue weighted by molar-refractivity contribution is 0.103. The molecule has 0 aromatic heterocycles. The summed E-state index contributed by atoms with van der Waals surface area (Å²) in [6.07, 6.45) is 0. The first kappa shape index (κ1) is 18.9. The van der Waals surface area contributed by atoms with Crippen LogP contribution in [0.15, 0.2) is 33.2 Å². The second kappa shape index (κ2) is 8.13. The summed E-state index contributed by atoms with van der Waals surface area (Å²) in [6, 6.07) is 7.16. The normalized spacial score (nSPS) is 10.8. The minimum atomic E-state index is -0.223. The van der Waals surface area contributed by atoms with Crippen LogP contribution < -0.4 is 0 Å². The quantitative estimate of drug-likeness (QED) is 0.264. The van der Waals surface area contributed by atoms with Gasteiger partial charge in [0.2, 0.25) is 0 Å². The smallest absolute Gasteiger partial charge is 0.198 e. The zero-order valence-corrected chi connectivity index (χ0v) is 18.8. The molecule has 0 heterocycles. The monoisotopic (exact) mass is 590 g/mol. The molecule has 0 atom stereocenters. The molecule has 2 aromatic rings. The lowest BCUT2D eigenvalue weighted by Gasteiger charge is -2.13. The van der Waals surface area contributed by atoms with Crippen molar-refractivity contribution < 1.29 is 4.79 Å². The van der Waals surface area contributed by atoms with Crippen LogP contribution in [0.5, 0.6) is 0 Å². The predicted octanol–water partition coefficient (Wildman–Crippen LogP) is 7.54. The van der Waals surface area contributed by atoms with Crippen molar-refractivity contribution in [3.63, 3.8) is 0 Å². The Morgan fingerprint density at radius 1 is 0.818 bits per heavy atom. The highest BCUT2D eigenvalue weighted by Gasteiger charge is 2.24. The third kappa shape index (κ3) is 3.65. The third-order valence-electron chi connectivity index (χ3n) is 3.08. The van der Waals surface area contributed by atoms with Gasteiger partial charge in [-0.05, 0) is 55.1 Å². The van der Waals surface area contributed by atoms with Gasteiger partial charge in [0.1, 0.15) is 0 Å². The van der Waals surface area contributed by atoms with Gasteiger partial charge in [0.25, 0.3) is 0 Å². The molecule has 116 valence electrons. The van der Waals surface area contributed by atoms with Crippen molar-refractivity contribution in [1.29, 1.82) is 0 Å². The van der Waals surface area contributed by atoms with Crippen LogP contribution in [0.2, 0.25) is 10.0 Å². The minimum Gasteiger partial charge on any atom is -0.288 e. The molecule has 0 spiro atoms. The zero-order chi connectivity index (χ0) is 16.4. The molecule has 0 aliphatic heterocycles. The maximum absolute atomic E-state index is 13.0. The number of ketones is 1. The molecule has 0 aliphatic rings. The van der Waals surface area contributed by atoms with Crippen LogP contribution in [0.3, 0.4) is 0 Å². The first-order valence-electron chi connectivity index (χ1n) is 6.02. The number of alkyl halides is 2. The Hall–Kier alpha value is 0.610. The van der Waals surface area contributed by atoms with E-state index in [1.807, 2.05) is 12.1 Å². The standard InChI is InChI=1S/C15H8Br4Cl2O/c16-5-7-1-3-9(20)11(13(7)18)15(22)12-10(21)4-2-8(6-17)14(12)19/h1-4H,5-6H2. The van der Waals surface area contributed by atoms with Crippen LogP contribution in [0, 0.1) is 0 Å². The molecule has 0 aliphatic carbocycles. The largest absolute Gasteiger partial charge is 0.288 e. The summed E-state index contributed by atoms with van der Waals surface area (Å²) in [4.78, 5) is 13.0. The minimum absolute atomic E-state index is 0.223. The molecule has 0 bridgehead atoms. The zero-order valence-electron chi connectivity index (χ0n) is 10.9. The van der Waals surface area contributed by atoms with E-state index in [2.05, 4.69) is 63.7 Å². The van der Waals surface area contributed by atoms with Gasteiger partial charge in [-0.25, -0.2) is 0 Å². The number of carbonyl (C=O) groups excluding carboxylic acids is 1. The Morgan fingerprint density at radius 2 is 1.18 bits per heavy atom. The Balaban J connectivity index is 2.69. The van der Waals surface area contributed by atoms with E-state index in [4.69, 9.17) is 23.2 Å². The Morgan fingerprint density at radius 3 is 1.50 bits per heavy atom. The summed E-state index contributed by atoms with van der Waals surface area (Å²) in [7, 11) is 0. The second-order valence-corrected chi connectivity index (χ2v) is 7.91.